The van der Waals surface area contributed by atoms with Crippen molar-refractivity contribution in [1.82, 2.24) is 0 Å². The standard InChI is InChI=1S/C21H38AsCl2NSi/c1-19(2,3)15-13-16(20(4,5)6)18(17(14-15)21(7,8)9)25(22(23)24)26(10,11)12/h13-14H,1-12H3. The molecule has 150 valence electrons. The summed E-state index contributed by atoms with van der Waals surface area (Å²) in [7, 11) is 11.7. The van der Waals surface area contributed by atoms with Crippen LogP contribution >= 0.6 is 19.9 Å². The second kappa shape index (κ2) is 7.66. The summed E-state index contributed by atoms with van der Waals surface area (Å²) in [5.41, 5.74) is 5.58. The zero-order chi connectivity index (χ0) is 20.9. The second-order valence-corrected chi connectivity index (χ2v) is 22.9. The SMILES string of the molecule is CC(C)(C)c1cc(C(C)(C)C)c(N([As](Cl)Cl)[Si](C)(C)C)c(C(C)(C)C)c1. The minimum absolute atomic E-state index is 0.0205. The number of hydrogen-bond acceptors (Lipinski definition) is 1. The molecule has 1 rings (SSSR count). The van der Waals surface area contributed by atoms with E-state index < -0.39 is 21.2 Å². The van der Waals surface area contributed by atoms with Gasteiger partial charge >= 0.3 is 177 Å². The Balaban J connectivity index is 4.09. The van der Waals surface area contributed by atoms with Gasteiger partial charge in [-0.25, -0.2) is 0 Å². The summed E-state index contributed by atoms with van der Waals surface area (Å²) in [4.78, 5) is 0. The molecule has 0 spiro atoms. The monoisotopic (exact) mass is 477 g/mol. The Morgan fingerprint density at radius 1 is 0.731 bits per heavy atom. The third-order valence-electron chi connectivity index (χ3n) is 4.59. The van der Waals surface area contributed by atoms with Crippen LogP contribution < -0.4 is 3.48 Å². The van der Waals surface area contributed by atoms with E-state index in [1.54, 1.807) is 0 Å². The maximum atomic E-state index is 6.71. The molecule has 0 heterocycles. The molecule has 0 bridgehead atoms. The molecule has 0 unspecified atom stereocenters. The van der Waals surface area contributed by atoms with Crippen molar-refractivity contribution in [2.75, 3.05) is 3.48 Å². The summed E-state index contributed by atoms with van der Waals surface area (Å²) in [6, 6.07) is 4.81. The van der Waals surface area contributed by atoms with Crippen LogP contribution in [0.25, 0.3) is 0 Å². The Bertz CT molecular complexity index is 609. The molecular weight excluding hydrogens is 440 g/mol. The summed E-state index contributed by atoms with van der Waals surface area (Å²) < 4.78 is 2.46. The minimum atomic E-state index is -2.13. The third-order valence-corrected chi connectivity index (χ3v) is 14.8. The van der Waals surface area contributed by atoms with Gasteiger partial charge in [-0.15, -0.1) is 0 Å². The number of rotatable bonds is 3. The quantitative estimate of drug-likeness (QED) is 0.403. The van der Waals surface area contributed by atoms with Crippen LogP contribution in [-0.2, 0) is 16.2 Å². The van der Waals surface area contributed by atoms with Gasteiger partial charge in [0.25, 0.3) is 0 Å². The molecule has 0 saturated carbocycles. The summed E-state index contributed by atoms with van der Waals surface area (Å²) in [5.74, 6) is 0. The fourth-order valence-corrected chi connectivity index (χ4v) is 15.9. The number of halogens is 2. The molecule has 0 fully saturated rings. The van der Waals surface area contributed by atoms with Crippen molar-refractivity contribution >= 4 is 46.8 Å². The van der Waals surface area contributed by atoms with Crippen LogP contribution in [0.3, 0.4) is 0 Å². The molecule has 0 atom stereocenters. The molecule has 1 aromatic carbocycles. The first kappa shape index (κ1) is 24.4. The summed E-state index contributed by atoms with van der Waals surface area (Å²) in [6.45, 7) is 27.7. The molecule has 0 aliphatic rings. The molecule has 0 aliphatic carbocycles. The van der Waals surface area contributed by atoms with Crippen molar-refractivity contribution in [3.8, 4) is 0 Å². The topological polar surface area (TPSA) is 3.24 Å². The van der Waals surface area contributed by atoms with Gasteiger partial charge in [-0.1, -0.05) is 0 Å². The molecule has 1 nitrogen and oxygen atoms in total. The number of anilines is 1. The first-order valence-corrected chi connectivity index (χ1v) is 18.6. The molecule has 0 saturated heterocycles. The van der Waals surface area contributed by atoms with E-state index in [1.807, 2.05) is 0 Å². The van der Waals surface area contributed by atoms with Crippen molar-refractivity contribution in [1.29, 1.82) is 0 Å². The third kappa shape index (κ3) is 5.69. The average molecular weight is 478 g/mol. The summed E-state index contributed by atoms with van der Waals surface area (Å²) in [6.07, 6.45) is 0. The van der Waals surface area contributed by atoms with Crippen LogP contribution in [0.5, 0.6) is 0 Å². The van der Waals surface area contributed by atoms with Gasteiger partial charge in [0.2, 0.25) is 0 Å². The fourth-order valence-electron chi connectivity index (χ4n) is 3.08. The van der Waals surface area contributed by atoms with Crippen LogP contribution in [0.1, 0.15) is 79.0 Å². The van der Waals surface area contributed by atoms with Crippen LogP contribution in [0.4, 0.5) is 5.69 Å². The predicted octanol–water partition coefficient (Wildman–Crippen LogP) is 7.68. The molecule has 0 amide bonds. The van der Waals surface area contributed by atoms with Gasteiger partial charge in [-0.3, -0.25) is 0 Å². The maximum absolute atomic E-state index is 6.71. The van der Waals surface area contributed by atoms with Crippen molar-refractivity contribution in [3.05, 3.63) is 28.8 Å². The van der Waals surface area contributed by atoms with E-state index in [1.165, 1.54) is 22.4 Å². The van der Waals surface area contributed by atoms with Gasteiger partial charge in [-0.05, 0) is 0 Å². The average Bonchev–Trinajstić information content (AvgIpc) is 2.32. The summed E-state index contributed by atoms with van der Waals surface area (Å²) in [5, 5.41) is 0. The van der Waals surface area contributed by atoms with Gasteiger partial charge in [0, 0.05) is 0 Å². The van der Waals surface area contributed by atoms with E-state index in [4.69, 9.17) is 19.9 Å². The van der Waals surface area contributed by atoms with Gasteiger partial charge in [0.1, 0.15) is 0 Å². The van der Waals surface area contributed by atoms with E-state index in [0.29, 0.717) is 0 Å². The van der Waals surface area contributed by atoms with E-state index in [2.05, 4.69) is 97.6 Å². The van der Waals surface area contributed by atoms with Crippen molar-refractivity contribution in [2.24, 2.45) is 0 Å². The first-order chi connectivity index (χ1) is 11.3. The van der Waals surface area contributed by atoms with Crippen molar-refractivity contribution in [2.45, 2.75) is 98.2 Å². The molecule has 1 aromatic rings. The van der Waals surface area contributed by atoms with Gasteiger partial charge < -0.3 is 0 Å². The van der Waals surface area contributed by atoms with Crippen LogP contribution in [0, 0.1) is 0 Å². The molecule has 0 N–H and O–H groups in total. The Hall–Kier alpha value is 0.375. The Labute approximate surface area is 176 Å². The normalized spacial score (nSPS) is 14.1. The Morgan fingerprint density at radius 3 is 1.27 bits per heavy atom. The second-order valence-electron chi connectivity index (χ2n) is 11.4. The van der Waals surface area contributed by atoms with Gasteiger partial charge in [0.15, 0.2) is 0 Å². The molecule has 0 aromatic heterocycles. The van der Waals surface area contributed by atoms with Gasteiger partial charge in [-0.2, -0.15) is 0 Å². The van der Waals surface area contributed by atoms with Crippen molar-refractivity contribution in [3.63, 3.8) is 0 Å². The van der Waals surface area contributed by atoms with Crippen molar-refractivity contribution < 1.29 is 0 Å². The zero-order valence-corrected chi connectivity index (χ0v) is 23.2. The molecular formula is C21H38AsCl2NSi. The zero-order valence-electron chi connectivity index (χ0n) is 18.8. The first-order valence-electron chi connectivity index (χ1n) is 9.39. The van der Waals surface area contributed by atoms with Crippen LogP contribution in [-0.4, -0.2) is 21.2 Å². The van der Waals surface area contributed by atoms with E-state index in [9.17, 15) is 0 Å². The number of nitrogens with zero attached hydrogens (tertiary/aromatic N) is 1. The Kier molecular flexibility index (Phi) is 7.19. The van der Waals surface area contributed by atoms with E-state index in [0.717, 1.165) is 0 Å². The fraction of sp³-hybridized carbons (Fsp3) is 0.714. The van der Waals surface area contributed by atoms with Gasteiger partial charge in [0.05, 0.1) is 0 Å². The number of benzene rings is 1. The van der Waals surface area contributed by atoms with E-state index in [-0.39, 0.29) is 16.2 Å². The van der Waals surface area contributed by atoms with Crippen LogP contribution in [0.2, 0.25) is 19.6 Å². The molecule has 26 heavy (non-hydrogen) atoms. The molecule has 5 heteroatoms. The molecule has 0 radical (unpaired) electrons. The Morgan fingerprint density at radius 2 is 1.08 bits per heavy atom. The molecule has 0 aliphatic heterocycles. The van der Waals surface area contributed by atoms with E-state index >= 15 is 0 Å². The number of hydrogen-bond donors (Lipinski definition) is 0. The predicted molar refractivity (Wildman–Crippen MR) is 126 cm³/mol. The van der Waals surface area contributed by atoms with Crippen LogP contribution in [0.15, 0.2) is 12.1 Å². The summed E-state index contributed by atoms with van der Waals surface area (Å²) >= 11 is -2.13.